The van der Waals surface area contributed by atoms with Crippen molar-refractivity contribution >= 4 is 35.9 Å². The molecule has 8 nitrogen and oxygen atoms in total. The SMILES string of the molecule is C=O.COCCN1CCC(C(N)=O)(C(=O)N2CCN(c3ccc(CCCCCCl)cc3)CC2)CC1. The van der Waals surface area contributed by atoms with Gasteiger partial charge in [-0.3, -0.25) is 9.59 Å². The van der Waals surface area contributed by atoms with Crippen LogP contribution in [0.2, 0.25) is 0 Å². The van der Waals surface area contributed by atoms with Crippen LogP contribution in [0.15, 0.2) is 24.3 Å². The summed E-state index contributed by atoms with van der Waals surface area (Å²) in [7, 11) is 1.68. The van der Waals surface area contributed by atoms with E-state index in [0.29, 0.717) is 45.6 Å². The van der Waals surface area contributed by atoms with Gasteiger partial charge in [0, 0.05) is 51.4 Å². The molecule has 2 amide bonds. The number of aryl methyl sites for hydroxylation is 1. The van der Waals surface area contributed by atoms with Crippen LogP contribution in [0.1, 0.15) is 37.7 Å². The minimum Gasteiger partial charge on any atom is -0.383 e. The van der Waals surface area contributed by atoms with Gasteiger partial charge in [0.2, 0.25) is 11.8 Å². The van der Waals surface area contributed by atoms with Crippen molar-refractivity contribution in [1.82, 2.24) is 9.80 Å². The lowest BCUT2D eigenvalue weighted by Gasteiger charge is -2.43. The summed E-state index contributed by atoms with van der Waals surface area (Å²) < 4.78 is 5.15. The minimum atomic E-state index is -1.07. The molecule has 0 atom stereocenters. The molecule has 0 bridgehead atoms. The van der Waals surface area contributed by atoms with Crippen molar-refractivity contribution in [2.45, 2.75) is 38.5 Å². The maximum atomic E-state index is 13.4. The Morgan fingerprint density at radius 3 is 2.17 bits per heavy atom. The number of benzene rings is 1. The lowest BCUT2D eigenvalue weighted by molar-refractivity contribution is -0.153. The second-order valence-electron chi connectivity index (χ2n) is 9.23. The van der Waals surface area contributed by atoms with E-state index in [4.69, 9.17) is 26.9 Å². The highest BCUT2D eigenvalue weighted by Crippen LogP contribution is 2.34. The second kappa shape index (κ2) is 15.1. The summed E-state index contributed by atoms with van der Waals surface area (Å²) >= 11 is 5.75. The van der Waals surface area contributed by atoms with Crippen LogP contribution in [0.4, 0.5) is 5.69 Å². The number of nitrogens with two attached hydrogens (primary N) is 1. The summed E-state index contributed by atoms with van der Waals surface area (Å²) in [6.45, 7) is 7.58. The molecule has 0 aliphatic carbocycles. The standard InChI is InChI=1S/C25H39ClN4O3.CH2O/c1-33-20-19-28-13-10-25(11-14-28,23(27)31)24(32)30-17-15-29(16-18-30)22-8-6-21(7-9-22)5-3-2-4-12-26;1-2/h6-9H,2-5,10-20H2,1H3,(H2,27,31);1H2. The molecule has 2 saturated heterocycles. The highest BCUT2D eigenvalue weighted by molar-refractivity contribution is 6.17. The fraction of sp³-hybridized carbons (Fsp3) is 0.654. The molecule has 0 radical (unpaired) electrons. The zero-order valence-electron chi connectivity index (χ0n) is 21.1. The number of alkyl halides is 1. The number of carbonyl (C=O) groups is 3. The van der Waals surface area contributed by atoms with Crippen LogP contribution in [-0.4, -0.2) is 93.8 Å². The lowest BCUT2D eigenvalue weighted by Crippen LogP contribution is -2.59. The number of hydrogen-bond donors (Lipinski definition) is 1. The lowest BCUT2D eigenvalue weighted by atomic mass is 9.76. The zero-order valence-corrected chi connectivity index (χ0v) is 21.8. The maximum absolute atomic E-state index is 13.4. The van der Waals surface area contributed by atoms with E-state index in [0.717, 1.165) is 38.4 Å². The Bertz CT molecular complexity index is 776. The van der Waals surface area contributed by atoms with Crippen molar-refractivity contribution in [3.8, 4) is 0 Å². The summed E-state index contributed by atoms with van der Waals surface area (Å²) in [6.07, 6.45) is 5.45. The molecule has 3 rings (SSSR count). The first kappa shape index (κ1) is 29.1. The van der Waals surface area contributed by atoms with Gasteiger partial charge in [0.05, 0.1) is 6.61 Å². The van der Waals surface area contributed by atoms with Gasteiger partial charge in [-0.15, -0.1) is 11.6 Å². The highest BCUT2D eigenvalue weighted by atomic mass is 35.5. The fourth-order valence-electron chi connectivity index (χ4n) is 4.89. The second-order valence-corrected chi connectivity index (χ2v) is 9.60. The molecule has 0 spiro atoms. The molecule has 35 heavy (non-hydrogen) atoms. The number of methoxy groups -OCH3 is 1. The van der Waals surface area contributed by atoms with E-state index in [1.807, 2.05) is 11.7 Å². The van der Waals surface area contributed by atoms with E-state index in [1.54, 1.807) is 7.11 Å². The number of hydrogen-bond acceptors (Lipinski definition) is 6. The first-order chi connectivity index (χ1) is 17.0. The minimum absolute atomic E-state index is 0.0895. The van der Waals surface area contributed by atoms with E-state index in [2.05, 4.69) is 34.1 Å². The number of amides is 2. The predicted molar refractivity (Wildman–Crippen MR) is 140 cm³/mol. The molecule has 0 saturated carbocycles. The Hall–Kier alpha value is -2.16. The Morgan fingerprint density at radius 2 is 1.63 bits per heavy atom. The van der Waals surface area contributed by atoms with Crippen molar-refractivity contribution in [3.05, 3.63) is 29.8 Å². The van der Waals surface area contributed by atoms with Crippen LogP contribution in [0.5, 0.6) is 0 Å². The summed E-state index contributed by atoms with van der Waals surface area (Å²) in [5, 5.41) is 0. The summed E-state index contributed by atoms with van der Waals surface area (Å²) in [4.78, 5) is 40.2. The van der Waals surface area contributed by atoms with Gasteiger partial charge in [-0.1, -0.05) is 18.6 Å². The van der Waals surface area contributed by atoms with Crippen molar-refractivity contribution in [2.24, 2.45) is 11.1 Å². The van der Waals surface area contributed by atoms with Gasteiger partial charge >= 0.3 is 0 Å². The zero-order chi connectivity index (χ0) is 25.7. The molecule has 0 unspecified atom stereocenters. The number of likely N-dealkylation sites (tertiary alicyclic amines) is 1. The molecule has 196 valence electrons. The smallest absolute Gasteiger partial charge is 0.238 e. The van der Waals surface area contributed by atoms with Gasteiger partial charge in [0.1, 0.15) is 12.2 Å². The summed E-state index contributed by atoms with van der Waals surface area (Å²) in [5.74, 6) is 0.164. The monoisotopic (exact) mass is 508 g/mol. The third-order valence-corrected chi connectivity index (χ3v) is 7.44. The van der Waals surface area contributed by atoms with E-state index in [1.165, 1.54) is 24.1 Å². The van der Waals surface area contributed by atoms with Gasteiger partial charge in [-0.05, 0) is 62.9 Å². The molecule has 9 heteroatoms. The van der Waals surface area contributed by atoms with E-state index >= 15 is 0 Å². The molecular formula is C26H41ClN4O4. The fourth-order valence-corrected chi connectivity index (χ4v) is 5.08. The topological polar surface area (TPSA) is 96.2 Å². The van der Waals surface area contributed by atoms with Crippen molar-refractivity contribution in [2.75, 3.05) is 70.3 Å². The van der Waals surface area contributed by atoms with E-state index in [-0.39, 0.29) is 5.91 Å². The third kappa shape index (κ3) is 7.92. The molecule has 1 aromatic carbocycles. The number of primary amides is 1. The Balaban J connectivity index is 0.00000210. The van der Waals surface area contributed by atoms with Crippen LogP contribution in [0.3, 0.4) is 0 Å². The van der Waals surface area contributed by atoms with Crippen LogP contribution in [0, 0.1) is 5.41 Å². The van der Waals surface area contributed by atoms with Gasteiger partial charge in [-0.25, -0.2) is 0 Å². The van der Waals surface area contributed by atoms with E-state index < -0.39 is 11.3 Å². The van der Waals surface area contributed by atoms with Gasteiger partial charge < -0.3 is 30.0 Å². The molecule has 2 fully saturated rings. The normalized spacial score (nSPS) is 18.0. The van der Waals surface area contributed by atoms with Crippen LogP contribution in [-0.2, 0) is 25.5 Å². The molecule has 2 aliphatic rings. The van der Waals surface area contributed by atoms with Crippen molar-refractivity contribution < 1.29 is 19.1 Å². The molecule has 2 N–H and O–H groups in total. The largest absolute Gasteiger partial charge is 0.383 e. The summed E-state index contributed by atoms with van der Waals surface area (Å²) in [5.41, 5.74) is 7.25. The van der Waals surface area contributed by atoms with Gasteiger partial charge in [0.15, 0.2) is 0 Å². The highest BCUT2D eigenvalue weighted by Gasteiger charge is 2.48. The maximum Gasteiger partial charge on any atom is 0.238 e. The molecule has 0 aromatic heterocycles. The van der Waals surface area contributed by atoms with Gasteiger partial charge in [0.25, 0.3) is 0 Å². The van der Waals surface area contributed by atoms with Crippen LogP contribution >= 0.6 is 11.6 Å². The Kier molecular flexibility index (Phi) is 12.5. The third-order valence-electron chi connectivity index (χ3n) is 7.17. The van der Waals surface area contributed by atoms with Gasteiger partial charge in [-0.2, -0.15) is 0 Å². The number of piperazine rings is 1. The number of carbonyl (C=O) groups excluding carboxylic acids is 3. The van der Waals surface area contributed by atoms with Crippen molar-refractivity contribution in [1.29, 1.82) is 0 Å². The van der Waals surface area contributed by atoms with Crippen LogP contribution in [0.25, 0.3) is 0 Å². The molecule has 2 heterocycles. The number of halogens is 1. The number of ether oxygens (including phenoxy) is 1. The predicted octanol–water partition coefficient (Wildman–Crippen LogP) is 2.32. The summed E-state index contributed by atoms with van der Waals surface area (Å²) in [6, 6.07) is 8.75. The van der Waals surface area contributed by atoms with E-state index in [9.17, 15) is 9.59 Å². The van der Waals surface area contributed by atoms with Crippen LogP contribution < -0.4 is 10.6 Å². The average Bonchev–Trinajstić information content (AvgIpc) is 2.91. The molecular weight excluding hydrogens is 468 g/mol. The average molecular weight is 509 g/mol. The Labute approximate surface area is 214 Å². The first-order valence-corrected chi connectivity index (χ1v) is 13.0. The molecule has 1 aromatic rings. The number of nitrogens with zero attached hydrogens (tertiary/aromatic N) is 3. The number of rotatable bonds is 11. The molecule has 2 aliphatic heterocycles. The number of unbranched alkanes of at least 4 members (excludes halogenated alkanes) is 2. The number of anilines is 1. The van der Waals surface area contributed by atoms with Crippen molar-refractivity contribution in [3.63, 3.8) is 0 Å². The quantitative estimate of drug-likeness (QED) is 0.280. The first-order valence-electron chi connectivity index (χ1n) is 12.5. The number of piperidine rings is 1. The Morgan fingerprint density at radius 1 is 1.00 bits per heavy atom.